The van der Waals surface area contributed by atoms with Gasteiger partial charge in [-0.3, -0.25) is 0 Å². The Hall–Kier alpha value is 0.190. The molecule has 1 saturated heterocycles. The zero-order valence-corrected chi connectivity index (χ0v) is 6.08. The van der Waals surface area contributed by atoms with Crippen LogP contribution >= 0.6 is 11.8 Å². The fourth-order valence-electron chi connectivity index (χ4n) is 0.846. The van der Waals surface area contributed by atoms with Gasteiger partial charge in [-0.1, -0.05) is 0 Å². The van der Waals surface area contributed by atoms with Crippen LogP contribution in [0.4, 0.5) is 0 Å². The number of aliphatic hydroxyl groups excluding tert-OH is 3. The van der Waals surface area contributed by atoms with Crippen LogP contribution in [0.25, 0.3) is 0 Å². The summed E-state index contributed by atoms with van der Waals surface area (Å²) in [6.45, 7) is -0.532. The minimum atomic E-state index is -1.56. The van der Waals surface area contributed by atoms with Gasteiger partial charge in [-0.2, -0.15) is 0 Å². The molecule has 1 heterocycles. The zero-order valence-electron chi connectivity index (χ0n) is 5.27. The molecule has 1 fully saturated rings. The van der Waals surface area contributed by atoms with Crippen molar-refractivity contribution in [3.8, 4) is 0 Å². The van der Waals surface area contributed by atoms with Crippen molar-refractivity contribution in [2.75, 3.05) is 12.4 Å². The van der Waals surface area contributed by atoms with Gasteiger partial charge in [0.05, 0.1) is 12.7 Å². The van der Waals surface area contributed by atoms with Gasteiger partial charge < -0.3 is 20.4 Å². The standard InChI is InChI=1S/C5H10O4S/c6-2-5(9)4(8)3(7)1-10-5/h3-4,6-9H,1-2H2/t3-,4+,5?/m1/s1. The molecule has 0 saturated carbocycles. The van der Waals surface area contributed by atoms with E-state index in [2.05, 4.69) is 0 Å². The van der Waals surface area contributed by atoms with E-state index in [0.29, 0.717) is 0 Å². The first-order chi connectivity index (χ1) is 4.60. The Morgan fingerprint density at radius 1 is 1.50 bits per heavy atom. The van der Waals surface area contributed by atoms with Crippen molar-refractivity contribution in [3.63, 3.8) is 0 Å². The molecule has 5 heteroatoms. The molecule has 0 amide bonds. The van der Waals surface area contributed by atoms with Gasteiger partial charge in [0, 0.05) is 5.75 Å². The summed E-state index contributed by atoms with van der Waals surface area (Å²) in [5.41, 5.74) is 0. The molecule has 1 aliphatic heterocycles. The van der Waals surface area contributed by atoms with Crippen LogP contribution < -0.4 is 0 Å². The number of hydrogen-bond donors (Lipinski definition) is 4. The van der Waals surface area contributed by atoms with Gasteiger partial charge in [0.2, 0.25) is 0 Å². The maximum Gasteiger partial charge on any atom is 0.161 e. The molecule has 10 heavy (non-hydrogen) atoms. The van der Waals surface area contributed by atoms with Gasteiger partial charge >= 0.3 is 0 Å². The van der Waals surface area contributed by atoms with E-state index in [1.54, 1.807) is 0 Å². The van der Waals surface area contributed by atoms with Crippen molar-refractivity contribution in [1.82, 2.24) is 0 Å². The Morgan fingerprint density at radius 3 is 2.30 bits per heavy atom. The van der Waals surface area contributed by atoms with E-state index in [-0.39, 0.29) is 5.75 Å². The molecule has 1 aliphatic rings. The van der Waals surface area contributed by atoms with E-state index in [0.717, 1.165) is 11.8 Å². The predicted octanol–water partition coefficient (Wildman–Crippen LogP) is -1.86. The largest absolute Gasteiger partial charge is 0.392 e. The van der Waals surface area contributed by atoms with Crippen LogP contribution in [0.15, 0.2) is 0 Å². The number of aliphatic hydroxyl groups is 4. The first-order valence-corrected chi connectivity index (χ1v) is 3.92. The predicted molar refractivity (Wildman–Crippen MR) is 36.5 cm³/mol. The Morgan fingerprint density at radius 2 is 2.10 bits per heavy atom. The lowest BCUT2D eigenvalue weighted by Gasteiger charge is -2.23. The summed E-state index contributed by atoms with van der Waals surface area (Å²) < 4.78 is 0. The quantitative estimate of drug-likeness (QED) is 0.367. The van der Waals surface area contributed by atoms with E-state index < -0.39 is 23.7 Å². The van der Waals surface area contributed by atoms with Crippen molar-refractivity contribution in [1.29, 1.82) is 0 Å². The monoisotopic (exact) mass is 166 g/mol. The van der Waals surface area contributed by atoms with Crippen molar-refractivity contribution in [2.24, 2.45) is 0 Å². The molecule has 1 unspecified atom stereocenters. The first kappa shape index (κ1) is 8.29. The third kappa shape index (κ3) is 1.15. The molecule has 0 spiro atoms. The highest BCUT2D eigenvalue weighted by molar-refractivity contribution is 8.00. The maximum absolute atomic E-state index is 9.24. The molecule has 0 radical (unpaired) electrons. The summed E-state index contributed by atoms with van der Waals surface area (Å²) in [6, 6.07) is 0. The van der Waals surface area contributed by atoms with Crippen LogP contribution in [-0.2, 0) is 0 Å². The van der Waals surface area contributed by atoms with Crippen molar-refractivity contribution < 1.29 is 20.4 Å². The fraction of sp³-hybridized carbons (Fsp3) is 1.00. The van der Waals surface area contributed by atoms with Crippen molar-refractivity contribution in [2.45, 2.75) is 17.1 Å². The van der Waals surface area contributed by atoms with Crippen molar-refractivity contribution in [3.05, 3.63) is 0 Å². The molecular formula is C5H10O4S. The second kappa shape index (κ2) is 2.67. The van der Waals surface area contributed by atoms with Gasteiger partial charge in [-0.15, -0.1) is 11.8 Å². The minimum Gasteiger partial charge on any atom is -0.392 e. The zero-order chi connectivity index (χ0) is 7.78. The second-order valence-electron chi connectivity index (χ2n) is 2.33. The molecule has 0 aromatic carbocycles. The second-order valence-corrected chi connectivity index (χ2v) is 3.66. The summed E-state index contributed by atoms with van der Waals surface area (Å²) in [6.07, 6.45) is -2.16. The molecule has 0 aromatic rings. The van der Waals surface area contributed by atoms with Crippen LogP contribution in [0.2, 0.25) is 0 Å². The lowest BCUT2D eigenvalue weighted by atomic mass is 10.1. The maximum atomic E-state index is 9.24. The van der Waals surface area contributed by atoms with E-state index >= 15 is 0 Å². The third-order valence-electron chi connectivity index (χ3n) is 1.56. The molecule has 0 aromatic heterocycles. The summed E-state index contributed by atoms with van der Waals surface area (Å²) in [4.78, 5) is -1.56. The Balaban J connectivity index is 2.64. The minimum absolute atomic E-state index is 0.262. The van der Waals surface area contributed by atoms with E-state index in [4.69, 9.17) is 15.3 Å². The highest BCUT2D eigenvalue weighted by atomic mass is 32.2. The van der Waals surface area contributed by atoms with E-state index in [9.17, 15) is 5.11 Å². The topological polar surface area (TPSA) is 80.9 Å². The first-order valence-electron chi connectivity index (χ1n) is 2.93. The Labute approximate surface area is 62.5 Å². The average Bonchev–Trinajstić information content (AvgIpc) is 2.19. The van der Waals surface area contributed by atoms with Gasteiger partial charge in [0.1, 0.15) is 6.10 Å². The van der Waals surface area contributed by atoms with E-state index in [1.165, 1.54) is 0 Å². The fourth-order valence-corrected chi connectivity index (χ4v) is 1.91. The smallest absolute Gasteiger partial charge is 0.161 e. The van der Waals surface area contributed by atoms with Crippen LogP contribution in [0.3, 0.4) is 0 Å². The highest BCUT2D eigenvalue weighted by Crippen LogP contribution is 2.35. The summed E-state index contributed by atoms with van der Waals surface area (Å²) >= 11 is 0.966. The third-order valence-corrected chi connectivity index (χ3v) is 2.94. The molecule has 1 rings (SSSR count). The van der Waals surface area contributed by atoms with E-state index in [1.807, 2.05) is 0 Å². The van der Waals surface area contributed by atoms with Crippen LogP contribution in [-0.4, -0.2) is 49.9 Å². The molecule has 0 bridgehead atoms. The Bertz CT molecular complexity index is 131. The normalized spacial score (nSPS) is 48.0. The SMILES string of the molecule is OCC1(O)SC[C@@H](O)[C@@H]1O. The van der Waals surface area contributed by atoms with Gasteiger partial charge in [-0.05, 0) is 0 Å². The number of thioether (sulfide) groups is 1. The highest BCUT2D eigenvalue weighted by Gasteiger charge is 2.46. The Kier molecular flexibility index (Phi) is 2.21. The molecule has 4 nitrogen and oxygen atoms in total. The van der Waals surface area contributed by atoms with Gasteiger partial charge in [0.15, 0.2) is 4.93 Å². The van der Waals surface area contributed by atoms with Crippen molar-refractivity contribution >= 4 is 11.8 Å². The number of rotatable bonds is 1. The van der Waals surface area contributed by atoms with Crippen LogP contribution in [0.5, 0.6) is 0 Å². The van der Waals surface area contributed by atoms with Gasteiger partial charge in [0.25, 0.3) is 0 Å². The van der Waals surface area contributed by atoms with Gasteiger partial charge in [-0.25, -0.2) is 0 Å². The molecule has 0 aliphatic carbocycles. The van der Waals surface area contributed by atoms with Crippen LogP contribution in [0, 0.1) is 0 Å². The molecule has 4 N–H and O–H groups in total. The molecular weight excluding hydrogens is 156 g/mol. The number of hydrogen-bond acceptors (Lipinski definition) is 5. The summed E-state index contributed by atoms with van der Waals surface area (Å²) in [5, 5.41) is 35.8. The molecule has 60 valence electrons. The lowest BCUT2D eigenvalue weighted by Crippen LogP contribution is -2.43. The summed E-state index contributed by atoms with van der Waals surface area (Å²) in [7, 11) is 0. The summed E-state index contributed by atoms with van der Waals surface area (Å²) in [5.74, 6) is 0.262. The average molecular weight is 166 g/mol. The molecule has 3 atom stereocenters. The van der Waals surface area contributed by atoms with Crippen LogP contribution in [0.1, 0.15) is 0 Å². The lowest BCUT2D eigenvalue weighted by molar-refractivity contribution is -0.0770.